The van der Waals surface area contributed by atoms with Gasteiger partial charge in [0.1, 0.15) is 5.82 Å². The van der Waals surface area contributed by atoms with Crippen LogP contribution in [-0.2, 0) is 6.54 Å². The van der Waals surface area contributed by atoms with Crippen molar-refractivity contribution in [3.05, 3.63) is 32.3 Å². The number of benzene rings is 1. The maximum absolute atomic E-state index is 8.90. The Morgan fingerprint density at radius 1 is 1.41 bits per heavy atom. The fourth-order valence-electron chi connectivity index (χ4n) is 1.53. The van der Waals surface area contributed by atoms with E-state index in [2.05, 4.69) is 43.6 Å². The van der Waals surface area contributed by atoms with Crippen LogP contribution in [0.5, 0.6) is 0 Å². The lowest BCUT2D eigenvalue weighted by Crippen LogP contribution is -2.07. The molecule has 2 aromatic rings. The molecule has 1 aromatic carbocycles. The van der Waals surface area contributed by atoms with E-state index in [0.29, 0.717) is 12.4 Å². The fourth-order valence-corrected chi connectivity index (χ4v) is 2.50. The van der Waals surface area contributed by atoms with Gasteiger partial charge < -0.3 is 10.8 Å². The summed E-state index contributed by atoms with van der Waals surface area (Å²) in [7, 11) is 0. The van der Waals surface area contributed by atoms with Gasteiger partial charge in [-0.15, -0.1) is 0 Å². The van der Waals surface area contributed by atoms with Crippen LogP contribution < -0.4 is 5.73 Å². The third-order valence-corrected chi connectivity index (χ3v) is 3.76. The van der Waals surface area contributed by atoms with E-state index < -0.39 is 0 Å². The summed E-state index contributed by atoms with van der Waals surface area (Å²) in [5.74, 6) is 0.560. The first-order valence-electron chi connectivity index (χ1n) is 5.01. The molecule has 6 heteroatoms. The predicted octanol–water partition coefficient (Wildman–Crippen LogP) is 2.49. The molecule has 0 spiro atoms. The molecule has 0 aliphatic heterocycles. The van der Waals surface area contributed by atoms with E-state index in [0.717, 1.165) is 19.3 Å². The zero-order valence-electron chi connectivity index (χ0n) is 8.90. The zero-order chi connectivity index (χ0) is 12.4. The summed E-state index contributed by atoms with van der Waals surface area (Å²) in [6, 6.07) is 7.83. The summed E-state index contributed by atoms with van der Waals surface area (Å²) < 4.78 is 3.72. The quantitative estimate of drug-likeness (QED) is 0.768. The molecule has 0 saturated heterocycles. The number of nitrogens with zero attached hydrogens (tertiary/aromatic N) is 2. The lowest BCUT2D eigenvalue weighted by Gasteiger charge is -2.02. The molecule has 1 aromatic heterocycles. The smallest absolute Gasteiger partial charge is 0.122 e. The molecule has 0 atom stereocenters. The molecule has 0 radical (unpaired) electrons. The molecule has 17 heavy (non-hydrogen) atoms. The second-order valence-corrected chi connectivity index (χ2v) is 5.60. The normalized spacial score (nSPS) is 10.8. The van der Waals surface area contributed by atoms with Gasteiger partial charge in [-0.3, -0.25) is 0 Å². The van der Waals surface area contributed by atoms with Gasteiger partial charge in [0, 0.05) is 19.7 Å². The van der Waals surface area contributed by atoms with Crippen molar-refractivity contribution in [3.63, 3.8) is 0 Å². The average molecular weight is 408 g/mol. The van der Waals surface area contributed by atoms with Crippen LogP contribution in [0.3, 0.4) is 0 Å². The van der Waals surface area contributed by atoms with Gasteiger partial charge >= 0.3 is 0 Å². The highest BCUT2D eigenvalue weighted by molar-refractivity contribution is 14.1. The number of nitrogen functional groups attached to an aromatic ring is 1. The van der Waals surface area contributed by atoms with E-state index in [4.69, 9.17) is 10.8 Å². The van der Waals surface area contributed by atoms with Gasteiger partial charge in [-0.05, 0) is 40.8 Å². The third kappa shape index (κ3) is 2.80. The molecule has 0 aliphatic rings. The van der Waals surface area contributed by atoms with E-state index in [1.807, 2.05) is 24.3 Å². The lowest BCUT2D eigenvalue weighted by molar-refractivity contribution is 0.270. The van der Waals surface area contributed by atoms with Crippen LogP contribution in [0.2, 0.25) is 0 Å². The van der Waals surface area contributed by atoms with E-state index in [9.17, 15) is 0 Å². The van der Waals surface area contributed by atoms with Crippen molar-refractivity contribution in [2.45, 2.75) is 6.54 Å². The number of aromatic nitrogens is 2. The van der Waals surface area contributed by atoms with Gasteiger partial charge in [0.05, 0.1) is 18.8 Å². The number of halogens is 2. The number of aliphatic hydroxyl groups is 1. The molecule has 0 amide bonds. The summed E-state index contributed by atoms with van der Waals surface area (Å²) in [6.45, 7) is 0.442. The molecule has 0 fully saturated rings. The van der Waals surface area contributed by atoms with Gasteiger partial charge in [0.2, 0.25) is 0 Å². The Balaban J connectivity index is 2.45. The number of rotatable bonds is 3. The van der Waals surface area contributed by atoms with Crippen LogP contribution in [0.4, 0.5) is 5.82 Å². The molecule has 3 N–H and O–H groups in total. The average Bonchev–Trinajstić information content (AvgIpc) is 2.64. The van der Waals surface area contributed by atoms with Crippen LogP contribution in [0.25, 0.3) is 11.3 Å². The summed E-state index contributed by atoms with van der Waals surface area (Å²) >= 11 is 5.70. The first kappa shape index (κ1) is 12.8. The molecular formula is C11H11BrIN3O. The van der Waals surface area contributed by atoms with Gasteiger partial charge in [-0.25, -0.2) is 4.68 Å². The van der Waals surface area contributed by atoms with E-state index in [1.165, 1.54) is 0 Å². The van der Waals surface area contributed by atoms with Gasteiger partial charge in [0.25, 0.3) is 0 Å². The third-order valence-electron chi connectivity index (χ3n) is 2.33. The number of aliphatic hydroxyl groups excluding tert-OH is 1. The van der Waals surface area contributed by atoms with E-state index in [-0.39, 0.29) is 6.61 Å². The number of hydrogen-bond donors (Lipinski definition) is 2. The van der Waals surface area contributed by atoms with Crippen molar-refractivity contribution in [2.24, 2.45) is 0 Å². The molecule has 0 saturated carbocycles. The number of anilines is 1. The maximum Gasteiger partial charge on any atom is 0.122 e. The molecule has 4 nitrogen and oxygen atoms in total. The van der Waals surface area contributed by atoms with Crippen LogP contribution >= 0.6 is 38.5 Å². The maximum atomic E-state index is 8.90. The van der Waals surface area contributed by atoms with Crippen LogP contribution in [0, 0.1) is 3.57 Å². The van der Waals surface area contributed by atoms with Gasteiger partial charge in [-0.1, -0.05) is 15.9 Å². The summed E-state index contributed by atoms with van der Waals surface area (Å²) in [5, 5.41) is 13.3. The Morgan fingerprint density at radius 2 is 2.18 bits per heavy atom. The lowest BCUT2D eigenvalue weighted by atomic mass is 10.1. The Labute approximate surface area is 121 Å². The molecule has 0 bridgehead atoms. The number of nitrogens with two attached hydrogens (primary N) is 1. The first-order chi connectivity index (χ1) is 8.11. The SMILES string of the molecule is Nc1cc(-c2cc(Br)ccc2I)nn1CCO. The van der Waals surface area contributed by atoms with Crippen LogP contribution in [-0.4, -0.2) is 21.5 Å². The van der Waals surface area contributed by atoms with E-state index >= 15 is 0 Å². The first-order valence-corrected chi connectivity index (χ1v) is 6.88. The minimum atomic E-state index is 0.0287. The Hall–Kier alpha value is -0.600. The summed E-state index contributed by atoms with van der Waals surface area (Å²) in [5.41, 5.74) is 7.68. The molecule has 1 heterocycles. The fraction of sp³-hybridized carbons (Fsp3) is 0.182. The highest BCUT2D eigenvalue weighted by atomic mass is 127. The highest BCUT2D eigenvalue weighted by Crippen LogP contribution is 2.28. The van der Waals surface area contributed by atoms with Crippen molar-refractivity contribution >= 4 is 44.3 Å². The Bertz CT molecular complexity index is 542. The van der Waals surface area contributed by atoms with Crippen molar-refractivity contribution < 1.29 is 5.11 Å². The van der Waals surface area contributed by atoms with Crippen molar-refractivity contribution in [1.82, 2.24) is 9.78 Å². The van der Waals surface area contributed by atoms with Gasteiger partial charge in [-0.2, -0.15) is 5.10 Å². The minimum Gasteiger partial charge on any atom is -0.394 e. The Morgan fingerprint density at radius 3 is 2.88 bits per heavy atom. The van der Waals surface area contributed by atoms with E-state index in [1.54, 1.807) is 4.68 Å². The topological polar surface area (TPSA) is 64.1 Å². The zero-order valence-corrected chi connectivity index (χ0v) is 12.6. The number of hydrogen-bond acceptors (Lipinski definition) is 3. The predicted molar refractivity (Wildman–Crippen MR) is 79.6 cm³/mol. The second kappa shape index (κ2) is 5.36. The van der Waals surface area contributed by atoms with Crippen LogP contribution in [0.1, 0.15) is 0 Å². The van der Waals surface area contributed by atoms with Gasteiger partial charge in [0.15, 0.2) is 0 Å². The van der Waals surface area contributed by atoms with Crippen molar-refractivity contribution in [2.75, 3.05) is 12.3 Å². The summed E-state index contributed by atoms with van der Waals surface area (Å²) in [4.78, 5) is 0. The van der Waals surface area contributed by atoms with Crippen molar-refractivity contribution in [3.8, 4) is 11.3 Å². The summed E-state index contributed by atoms with van der Waals surface area (Å²) in [6.07, 6.45) is 0. The monoisotopic (exact) mass is 407 g/mol. The molecule has 90 valence electrons. The van der Waals surface area contributed by atoms with Crippen LogP contribution in [0.15, 0.2) is 28.7 Å². The molecule has 0 unspecified atom stereocenters. The second-order valence-electron chi connectivity index (χ2n) is 3.53. The minimum absolute atomic E-state index is 0.0287. The molecule has 0 aliphatic carbocycles. The van der Waals surface area contributed by atoms with Crippen molar-refractivity contribution in [1.29, 1.82) is 0 Å². The Kier molecular flexibility index (Phi) is 4.05. The molecular weight excluding hydrogens is 397 g/mol. The highest BCUT2D eigenvalue weighted by Gasteiger charge is 2.10. The standard InChI is InChI=1S/C11H11BrIN3O/c12-7-1-2-9(13)8(5-7)10-6-11(14)16(15-10)3-4-17/h1-2,5-6,17H,3-4,14H2. The largest absolute Gasteiger partial charge is 0.394 e. The molecule has 2 rings (SSSR count).